The summed E-state index contributed by atoms with van der Waals surface area (Å²) in [6, 6.07) is 18.9. The van der Waals surface area contributed by atoms with Gasteiger partial charge < -0.3 is 14.9 Å². The minimum absolute atomic E-state index is 0.0919. The van der Waals surface area contributed by atoms with Crippen molar-refractivity contribution in [3.8, 4) is 5.75 Å². The van der Waals surface area contributed by atoms with Crippen molar-refractivity contribution in [3.63, 3.8) is 0 Å². The molecular formula is C19H16O4. The fourth-order valence-corrected chi connectivity index (χ4v) is 2.76. The van der Waals surface area contributed by atoms with Crippen molar-refractivity contribution in [2.75, 3.05) is 7.11 Å². The van der Waals surface area contributed by atoms with Gasteiger partial charge in [-0.2, -0.15) is 0 Å². The van der Waals surface area contributed by atoms with Crippen LogP contribution in [0.5, 0.6) is 5.75 Å². The maximum Gasteiger partial charge on any atom is 0.347 e. The molecule has 3 rings (SSSR count). The quantitative estimate of drug-likeness (QED) is 0.730. The van der Waals surface area contributed by atoms with Crippen molar-refractivity contribution in [1.29, 1.82) is 0 Å². The zero-order valence-corrected chi connectivity index (χ0v) is 12.6. The molecule has 4 heteroatoms. The molecule has 3 aromatic carbocycles. The lowest BCUT2D eigenvalue weighted by molar-refractivity contribution is -0.159. The Morgan fingerprint density at radius 3 is 2.30 bits per heavy atom. The molecule has 1 unspecified atom stereocenters. The molecular weight excluding hydrogens is 292 g/mol. The van der Waals surface area contributed by atoms with Crippen LogP contribution >= 0.6 is 0 Å². The van der Waals surface area contributed by atoms with Gasteiger partial charge in [-0.25, -0.2) is 4.79 Å². The highest BCUT2D eigenvalue weighted by Gasteiger charge is 2.43. The summed E-state index contributed by atoms with van der Waals surface area (Å²) in [6.07, 6.45) is 0. The molecule has 0 radical (unpaired) electrons. The molecule has 116 valence electrons. The minimum atomic E-state index is -2.08. The molecule has 0 aliphatic rings. The third kappa shape index (κ3) is 2.33. The van der Waals surface area contributed by atoms with Gasteiger partial charge in [0.15, 0.2) is 0 Å². The van der Waals surface area contributed by atoms with Gasteiger partial charge in [-0.05, 0) is 10.9 Å². The van der Waals surface area contributed by atoms with E-state index < -0.39 is 11.6 Å². The highest BCUT2D eigenvalue weighted by molar-refractivity contribution is 5.94. The van der Waals surface area contributed by atoms with Gasteiger partial charge in [-0.3, -0.25) is 0 Å². The Kier molecular flexibility index (Phi) is 3.76. The SMILES string of the molecule is COC(=O)C(O)(c1ccccc1)c1ccc2ccccc2c1O. The van der Waals surface area contributed by atoms with E-state index in [2.05, 4.69) is 0 Å². The van der Waals surface area contributed by atoms with E-state index in [-0.39, 0.29) is 11.3 Å². The van der Waals surface area contributed by atoms with Crippen LogP contribution in [0.3, 0.4) is 0 Å². The molecule has 23 heavy (non-hydrogen) atoms. The number of benzene rings is 3. The highest BCUT2D eigenvalue weighted by atomic mass is 16.5. The normalized spacial score (nSPS) is 13.5. The van der Waals surface area contributed by atoms with E-state index in [4.69, 9.17) is 4.74 Å². The molecule has 0 amide bonds. The average molecular weight is 308 g/mol. The van der Waals surface area contributed by atoms with Crippen LogP contribution < -0.4 is 0 Å². The first kappa shape index (κ1) is 15.1. The van der Waals surface area contributed by atoms with E-state index in [1.165, 1.54) is 7.11 Å². The Morgan fingerprint density at radius 1 is 0.957 bits per heavy atom. The predicted molar refractivity (Wildman–Crippen MR) is 87.1 cm³/mol. The molecule has 0 aliphatic heterocycles. The zero-order valence-electron chi connectivity index (χ0n) is 12.6. The van der Waals surface area contributed by atoms with Crippen molar-refractivity contribution in [3.05, 3.63) is 77.9 Å². The molecule has 4 nitrogen and oxygen atoms in total. The second kappa shape index (κ2) is 5.74. The Balaban J connectivity index is 2.30. The molecule has 2 N–H and O–H groups in total. The number of hydrogen-bond acceptors (Lipinski definition) is 4. The predicted octanol–water partition coefficient (Wildman–Crippen LogP) is 2.95. The van der Waals surface area contributed by atoms with Gasteiger partial charge >= 0.3 is 5.97 Å². The number of carbonyl (C=O) groups is 1. The zero-order chi connectivity index (χ0) is 16.4. The Bertz CT molecular complexity index is 858. The number of rotatable bonds is 3. The molecule has 0 bridgehead atoms. The van der Waals surface area contributed by atoms with E-state index in [0.29, 0.717) is 10.9 Å². The number of fused-ring (bicyclic) bond motifs is 1. The van der Waals surface area contributed by atoms with Crippen LogP contribution in [0, 0.1) is 0 Å². The van der Waals surface area contributed by atoms with E-state index in [0.717, 1.165) is 5.39 Å². The van der Waals surface area contributed by atoms with Crippen LogP contribution in [0.4, 0.5) is 0 Å². The standard InChI is InChI=1S/C19H16O4/c1-23-18(21)19(22,14-8-3-2-4-9-14)16-12-11-13-7-5-6-10-15(13)17(16)20/h2-12,20,22H,1H3. The lowest BCUT2D eigenvalue weighted by Gasteiger charge is -2.27. The first-order valence-corrected chi connectivity index (χ1v) is 7.16. The van der Waals surface area contributed by atoms with E-state index in [1.54, 1.807) is 54.6 Å². The second-order valence-corrected chi connectivity index (χ2v) is 5.25. The van der Waals surface area contributed by atoms with Crippen molar-refractivity contribution in [1.82, 2.24) is 0 Å². The lowest BCUT2D eigenvalue weighted by atomic mass is 9.84. The van der Waals surface area contributed by atoms with Gasteiger partial charge in [-0.15, -0.1) is 0 Å². The number of aliphatic hydroxyl groups is 1. The van der Waals surface area contributed by atoms with Gasteiger partial charge in [0.05, 0.1) is 7.11 Å². The number of esters is 1. The monoisotopic (exact) mass is 308 g/mol. The Hall–Kier alpha value is -2.85. The molecule has 0 spiro atoms. The fraction of sp³-hybridized carbons (Fsp3) is 0.105. The summed E-state index contributed by atoms with van der Waals surface area (Å²) in [5, 5.41) is 23.1. The number of phenols is 1. The average Bonchev–Trinajstić information content (AvgIpc) is 2.61. The van der Waals surface area contributed by atoms with Gasteiger partial charge in [-0.1, -0.05) is 66.7 Å². The lowest BCUT2D eigenvalue weighted by Crippen LogP contribution is -2.38. The third-order valence-corrected chi connectivity index (χ3v) is 3.96. The summed E-state index contributed by atoms with van der Waals surface area (Å²) >= 11 is 0. The Labute approximate surface area is 133 Å². The minimum Gasteiger partial charge on any atom is -0.507 e. The number of aromatic hydroxyl groups is 1. The fourth-order valence-electron chi connectivity index (χ4n) is 2.76. The first-order chi connectivity index (χ1) is 11.1. The molecule has 0 saturated heterocycles. The molecule has 1 atom stereocenters. The van der Waals surface area contributed by atoms with Crippen LogP contribution in [0.2, 0.25) is 0 Å². The topological polar surface area (TPSA) is 66.8 Å². The largest absolute Gasteiger partial charge is 0.507 e. The van der Waals surface area contributed by atoms with Crippen LogP contribution in [0.1, 0.15) is 11.1 Å². The number of hydrogen-bond donors (Lipinski definition) is 2. The van der Waals surface area contributed by atoms with Crippen LogP contribution in [-0.2, 0) is 15.1 Å². The number of methoxy groups -OCH3 is 1. The van der Waals surface area contributed by atoms with E-state index in [1.807, 2.05) is 12.1 Å². The number of carbonyl (C=O) groups excluding carboxylic acids is 1. The summed E-state index contributed by atoms with van der Waals surface area (Å²) < 4.78 is 4.79. The van der Waals surface area contributed by atoms with Crippen molar-refractivity contribution < 1.29 is 19.7 Å². The summed E-state index contributed by atoms with van der Waals surface area (Å²) in [4.78, 5) is 12.3. The maximum atomic E-state index is 12.3. The smallest absolute Gasteiger partial charge is 0.347 e. The number of ether oxygens (including phenoxy) is 1. The van der Waals surface area contributed by atoms with Crippen molar-refractivity contribution in [2.45, 2.75) is 5.60 Å². The molecule has 0 aromatic heterocycles. The molecule has 3 aromatic rings. The molecule has 0 aliphatic carbocycles. The summed E-state index contributed by atoms with van der Waals surface area (Å²) in [7, 11) is 1.20. The number of phenolic OH excluding ortho intramolecular Hbond substituents is 1. The van der Waals surface area contributed by atoms with Crippen LogP contribution in [-0.4, -0.2) is 23.3 Å². The van der Waals surface area contributed by atoms with Gasteiger partial charge in [0.25, 0.3) is 0 Å². The van der Waals surface area contributed by atoms with Gasteiger partial charge in [0.1, 0.15) is 5.75 Å². The van der Waals surface area contributed by atoms with Gasteiger partial charge in [0, 0.05) is 10.9 Å². The van der Waals surface area contributed by atoms with Crippen molar-refractivity contribution in [2.24, 2.45) is 0 Å². The highest BCUT2D eigenvalue weighted by Crippen LogP contribution is 2.40. The second-order valence-electron chi connectivity index (χ2n) is 5.25. The molecule has 0 heterocycles. The summed E-state index contributed by atoms with van der Waals surface area (Å²) in [5.74, 6) is -0.992. The van der Waals surface area contributed by atoms with Gasteiger partial charge in [0.2, 0.25) is 5.60 Å². The third-order valence-electron chi connectivity index (χ3n) is 3.96. The first-order valence-electron chi connectivity index (χ1n) is 7.16. The summed E-state index contributed by atoms with van der Waals surface area (Å²) in [6.45, 7) is 0. The Morgan fingerprint density at radius 2 is 1.61 bits per heavy atom. The van der Waals surface area contributed by atoms with Crippen molar-refractivity contribution >= 4 is 16.7 Å². The van der Waals surface area contributed by atoms with E-state index >= 15 is 0 Å². The van der Waals surface area contributed by atoms with E-state index in [9.17, 15) is 15.0 Å². The molecule has 0 fully saturated rings. The maximum absolute atomic E-state index is 12.3. The van der Waals surface area contributed by atoms with Crippen LogP contribution in [0.15, 0.2) is 66.7 Å². The summed E-state index contributed by atoms with van der Waals surface area (Å²) in [5.41, 5.74) is -1.66. The van der Waals surface area contributed by atoms with Crippen LogP contribution in [0.25, 0.3) is 10.8 Å². The molecule has 0 saturated carbocycles.